The molecule has 31 heavy (non-hydrogen) atoms. The van der Waals surface area contributed by atoms with Crippen LogP contribution < -0.4 is 15.4 Å². The normalized spacial score (nSPS) is 16.1. The summed E-state index contributed by atoms with van der Waals surface area (Å²) in [5, 5.41) is 16.4. The van der Waals surface area contributed by atoms with E-state index >= 15 is 0 Å². The number of rotatable bonds is 5. The predicted molar refractivity (Wildman–Crippen MR) is 118 cm³/mol. The van der Waals surface area contributed by atoms with Crippen LogP contribution in [0.5, 0.6) is 5.75 Å². The van der Waals surface area contributed by atoms with Crippen molar-refractivity contribution in [2.75, 3.05) is 44.5 Å². The summed E-state index contributed by atoms with van der Waals surface area (Å²) in [5.41, 5.74) is 3.13. The number of nitriles is 1. The molecule has 0 bridgehead atoms. The number of nitrogens with zero attached hydrogens (tertiary/aromatic N) is 3. The fourth-order valence-corrected chi connectivity index (χ4v) is 3.74. The van der Waals surface area contributed by atoms with Crippen LogP contribution in [0, 0.1) is 11.3 Å². The van der Waals surface area contributed by atoms with E-state index in [2.05, 4.69) is 26.7 Å². The number of fused-ring (bicyclic) bond motifs is 1. The highest BCUT2D eigenvalue weighted by Gasteiger charge is 2.23. The first-order valence-corrected chi connectivity index (χ1v) is 10.00. The zero-order chi connectivity index (χ0) is 22.0. The third-order valence-electron chi connectivity index (χ3n) is 5.27. The van der Waals surface area contributed by atoms with E-state index in [0.29, 0.717) is 53.7 Å². The zero-order valence-electron chi connectivity index (χ0n) is 17.7. The average Bonchev–Trinajstić information content (AvgIpc) is 3.21. The molecule has 1 amide bonds. The molecule has 0 aliphatic carbocycles. The third kappa shape index (κ3) is 3.98. The van der Waals surface area contributed by atoms with Gasteiger partial charge in [0.05, 0.1) is 36.5 Å². The quantitative estimate of drug-likeness (QED) is 0.581. The number of H-pyrrole nitrogens is 1. The van der Waals surface area contributed by atoms with Crippen LogP contribution in [0.2, 0.25) is 0 Å². The average molecular weight is 420 g/mol. The number of nitrogens with one attached hydrogen (secondary N) is 3. The number of carbonyl (C=O) groups excluding carboxylic acids is 1. The van der Waals surface area contributed by atoms with Crippen LogP contribution in [0.4, 0.5) is 17.2 Å². The summed E-state index contributed by atoms with van der Waals surface area (Å²) in [7, 11) is 3.35. The third-order valence-corrected chi connectivity index (χ3v) is 5.27. The first-order chi connectivity index (χ1) is 15.0. The molecule has 1 fully saturated rings. The molecule has 1 aliphatic heterocycles. The number of amides is 1. The molecule has 3 heterocycles. The smallest absolute Gasteiger partial charge is 0.254 e. The molecule has 0 spiro atoms. The number of anilines is 3. The maximum atomic E-state index is 12.9. The summed E-state index contributed by atoms with van der Waals surface area (Å²) >= 11 is 0. The van der Waals surface area contributed by atoms with Gasteiger partial charge >= 0.3 is 0 Å². The van der Waals surface area contributed by atoms with Gasteiger partial charge < -0.3 is 30.0 Å². The summed E-state index contributed by atoms with van der Waals surface area (Å²) in [4.78, 5) is 22.3. The van der Waals surface area contributed by atoms with Gasteiger partial charge in [0, 0.05) is 43.7 Å². The molecule has 3 N–H and O–H groups in total. The maximum absolute atomic E-state index is 12.9. The van der Waals surface area contributed by atoms with E-state index in [4.69, 9.17) is 9.47 Å². The van der Waals surface area contributed by atoms with Crippen LogP contribution in [0.25, 0.3) is 11.0 Å². The van der Waals surface area contributed by atoms with E-state index in [0.717, 1.165) is 11.1 Å². The van der Waals surface area contributed by atoms with Gasteiger partial charge in [0.25, 0.3) is 5.91 Å². The lowest BCUT2D eigenvalue weighted by Crippen LogP contribution is -2.44. The Hall–Kier alpha value is -3.77. The number of aromatic nitrogens is 2. The molecular formula is C22H24N6O3. The molecule has 2 aromatic heterocycles. The fraction of sp³-hybridized carbons (Fsp3) is 0.318. The summed E-state index contributed by atoms with van der Waals surface area (Å²) in [6.07, 6.45) is 1.66. The lowest BCUT2D eigenvalue weighted by atomic mass is 10.1. The van der Waals surface area contributed by atoms with Crippen LogP contribution in [-0.2, 0) is 4.74 Å². The standard InChI is InChI=1S/C22H24N6O3/c1-13-12-28(6-7-31-13)22(29)14-4-5-16(18(8-14)30-3)26-19-9-17(24-2)20-15(10-23)11-25-21(20)27-19/h4-5,8-9,11,13H,6-7,12H2,1-3H3,(H3,24,25,26,27)/t13-/m0/s1. The van der Waals surface area contributed by atoms with Crippen molar-refractivity contribution in [2.24, 2.45) is 0 Å². The minimum Gasteiger partial charge on any atom is -0.495 e. The molecule has 0 radical (unpaired) electrons. The number of hydrogen-bond acceptors (Lipinski definition) is 7. The van der Waals surface area contributed by atoms with E-state index in [1.165, 1.54) is 0 Å². The van der Waals surface area contributed by atoms with Crippen molar-refractivity contribution in [1.29, 1.82) is 5.26 Å². The molecular weight excluding hydrogens is 396 g/mol. The molecule has 9 heteroatoms. The van der Waals surface area contributed by atoms with Gasteiger partial charge in [0.2, 0.25) is 0 Å². The minimum absolute atomic E-state index is 0.0254. The Morgan fingerprint density at radius 1 is 1.39 bits per heavy atom. The Kier molecular flexibility index (Phi) is 5.64. The van der Waals surface area contributed by atoms with Gasteiger partial charge in [-0.2, -0.15) is 5.26 Å². The highest BCUT2D eigenvalue weighted by atomic mass is 16.5. The SMILES string of the molecule is CNc1cc(Nc2ccc(C(=O)N3CCO[C@@H](C)C3)cc2OC)nc2[nH]cc(C#N)c12. The Morgan fingerprint density at radius 3 is 2.94 bits per heavy atom. The number of aromatic amines is 1. The van der Waals surface area contributed by atoms with Crippen molar-refractivity contribution in [2.45, 2.75) is 13.0 Å². The summed E-state index contributed by atoms with van der Waals surface area (Å²) < 4.78 is 11.1. The van der Waals surface area contributed by atoms with Crippen molar-refractivity contribution in [1.82, 2.24) is 14.9 Å². The molecule has 0 unspecified atom stereocenters. The summed E-state index contributed by atoms with van der Waals surface area (Å²) in [5.74, 6) is 1.05. The molecule has 1 saturated heterocycles. The number of carbonyl (C=O) groups is 1. The predicted octanol–water partition coefficient (Wildman–Crippen LogP) is 3.09. The van der Waals surface area contributed by atoms with E-state index < -0.39 is 0 Å². The number of methoxy groups -OCH3 is 1. The van der Waals surface area contributed by atoms with Crippen LogP contribution in [0.3, 0.4) is 0 Å². The fourth-order valence-electron chi connectivity index (χ4n) is 3.74. The van der Waals surface area contributed by atoms with Crippen LogP contribution in [0.1, 0.15) is 22.8 Å². The molecule has 160 valence electrons. The first kappa shape index (κ1) is 20.5. The van der Waals surface area contributed by atoms with Gasteiger partial charge in [-0.25, -0.2) is 4.98 Å². The van der Waals surface area contributed by atoms with Crippen molar-refractivity contribution in [3.05, 3.63) is 41.6 Å². The van der Waals surface area contributed by atoms with Crippen molar-refractivity contribution < 1.29 is 14.3 Å². The second kappa shape index (κ2) is 8.53. The van der Waals surface area contributed by atoms with Crippen LogP contribution in [-0.4, -0.2) is 60.7 Å². The van der Waals surface area contributed by atoms with E-state index in [1.54, 1.807) is 43.5 Å². The van der Waals surface area contributed by atoms with Crippen LogP contribution in [0.15, 0.2) is 30.5 Å². The van der Waals surface area contributed by atoms with Crippen molar-refractivity contribution in [3.63, 3.8) is 0 Å². The Bertz CT molecular complexity index is 1170. The molecule has 9 nitrogen and oxygen atoms in total. The second-order valence-corrected chi connectivity index (χ2v) is 7.32. The number of ether oxygens (including phenoxy) is 2. The maximum Gasteiger partial charge on any atom is 0.254 e. The van der Waals surface area contributed by atoms with Gasteiger partial charge in [0.1, 0.15) is 23.3 Å². The van der Waals surface area contributed by atoms with Crippen molar-refractivity contribution >= 4 is 34.1 Å². The number of hydrogen-bond donors (Lipinski definition) is 3. The van der Waals surface area contributed by atoms with Crippen LogP contribution >= 0.6 is 0 Å². The van der Waals surface area contributed by atoms with Gasteiger partial charge in [0.15, 0.2) is 0 Å². The molecule has 1 aliphatic rings. The molecule has 4 rings (SSSR count). The zero-order valence-corrected chi connectivity index (χ0v) is 17.7. The van der Waals surface area contributed by atoms with Gasteiger partial charge in [-0.15, -0.1) is 0 Å². The topological polar surface area (TPSA) is 115 Å². The highest BCUT2D eigenvalue weighted by molar-refractivity contribution is 5.97. The van der Waals surface area contributed by atoms with Gasteiger partial charge in [-0.1, -0.05) is 0 Å². The molecule has 3 aromatic rings. The summed E-state index contributed by atoms with van der Waals surface area (Å²) in [6.45, 7) is 3.64. The molecule has 0 saturated carbocycles. The Balaban J connectivity index is 1.62. The summed E-state index contributed by atoms with van der Waals surface area (Å²) in [6, 6.07) is 9.29. The van der Waals surface area contributed by atoms with E-state index in [-0.39, 0.29) is 12.0 Å². The second-order valence-electron chi connectivity index (χ2n) is 7.32. The van der Waals surface area contributed by atoms with Crippen molar-refractivity contribution in [3.8, 4) is 11.8 Å². The number of morpholine rings is 1. The molecule has 1 atom stereocenters. The lowest BCUT2D eigenvalue weighted by Gasteiger charge is -2.31. The Morgan fingerprint density at radius 2 is 2.23 bits per heavy atom. The minimum atomic E-state index is -0.0487. The lowest BCUT2D eigenvalue weighted by molar-refractivity contribution is -0.0124. The monoisotopic (exact) mass is 420 g/mol. The van der Waals surface area contributed by atoms with Gasteiger partial charge in [-0.05, 0) is 25.1 Å². The number of benzene rings is 1. The van der Waals surface area contributed by atoms with Gasteiger partial charge in [-0.3, -0.25) is 4.79 Å². The van der Waals surface area contributed by atoms with E-state index in [1.807, 2.05) is 13.0 Å². The number of pyridine rings is 1. The molecule has 1 aromatic carbocycles. The Labute approximate surface area is 180 Å². The highest BCUT2D eigenvalue weighted by Crippen LogP contribution is 2.32. The first-order valence-electron chi connectivity index (χ1n) is 10.00. The van der Waals surface area contributed by atoms with E-state index in [9.17, 15) is 10.1 Å². The largest absolute Gasteiger partial charge is 0.495 e.